The predicted molar refractivity (Wildman–Crippen MR) is 64.5 cm³/mol. The maximum atomic E-state index is 11.6. The number of nitrogens with one attached hydrogen (secondary N) is 1. The molecule has 5 nitrogen and oxygen atoms in total. The van der Waals surface area contributed by atoms with Crippen molar-refractivity contribution < 1.29 is 19.1 Å². The van der Waals surface area contributed by atoms with E-state index >= 15 is 0 Å². The summed E-state index contributed by atoms with van der Waals surface area (Å²) < 4.78 is 9.77. The summed E-state index contributed by atoms with van der Waals surface area (Å²) in [5, 5.41) is 2.84. The molecule has 1 amide bonds. The molecule has 5 heteroatoms. The van der Waals surface area contributed by atoms with Gasteiger partial charge in [-0.25, -0.2) is 0 Å². The number of methoxy groups -OCH3 is 1. The molecule has 1 atom stereocenters. The largest absolute Gasteiger partial charge is 0.466 e. The van der Waals surface area contributed by atoms with Crippen LogP contribution in [0.25, 0.3) is 0 Å². The Labute approximate surface area is 103 Å². The van der Waals surface area contributed by atoms with E-state index in [1.54, 1.807) is 14.0 Å². The van der Waals surface area contributed by atoms with Crippen molar-refractivity contribution in [3.8, 4) is 0 Å². The second kappa shape index (κ2) is 8.98. The molecule has 0 aliphatic rings. The SMILES string of the molecule is CCOC(=O)CCC(=O)NC(COC)C(C)C. The van der Waals surface area contributed by atoms with Crippen molar-refractivity contribution in [2.75, 3.05) is 20.3 Å². The number of hydrogen-bond donors (Lipinski definition) is 1. The van der Waals surface area contributed by atoms with Crippen LogP contribution in [0.15, 0.2) is 0 Å². The van der Waals surface area contributed by atoms with E-state index in [0.717, 1.165) is 0 Å². The van der Waals surface area contributed by atoms with Crippen molar-refractivity contribution in [1.82, 2.24) is 5.32 Å². The highest BCUT2D eigenvalue weighted by atomic mass is 16.5. The van der Waals surface area contributed by atoms with Crippen molar-refractivity contribution in [3.63, 3.8) is 0 Å². The molecule has 0 aromatic heterocycles. The highest BCUT2D eigenvalue weighted by Crippen LogP contribution is 2.03. The lowest BCUT2D eigenvalue weighted by Gasteiger charge is -2.21. The average Bonchev–Trinajstić information content (AvgIpc) is 2.26. The van der Waals surface area contributed by atoms with E-state index in [9.17, 15) is 9.59 Å². The van der Waals surface area contributed by atoms with Crippen molar-refractivity contribution in [3.05, 3.63) is 0 Å². The van der Waals surface area contributed by atoms with Crippen LogP contribution in [0.4, 0.5) is 0 Å². The molecule has 1 N–H and O–H groups in total. The molecule has 0 aliphatic carbocycles. The molecule has 0 aliphatic heterocycles. The van der Waals surface area contributed by atoms with Crippen LogP contribution in [0.5, 0.6) is 0 Å². The van der Waals surface area contributed by atoms with Gasteiger partial charge in [-0.05, 0) is 12.8 Å². The third kappa shape index (κ3) is 7.74. The molecule has 0 bridgehead atoms. The zero-order valence-electron chi connectivity index (χ0n) is 11.1. The fraction of sp³-hybridized carbons (Fsp3) is 0.833. The second-order valence-electron chi connectivity index (χ2n) is 4.18. The van der Waals surface area contributed by atoms with Gasteiger partial charge in [-0.3, -0.25) is 9.59 Å². The first-order chi connectivity index (χ1) is 8.01. The van der Waals surface area contributed by atoms with Gasteiger partial charge in [0.15, 0.2) is 0 Å². The minimum Gasteiger partial charge on any atom is -0.466 e. The van der Waals surface area contributed by atoms with Crippen LogP contribution in [-0.4, -0.2) is 38.2 Å². The van der Waals surface area contributed by atoms with Gasteiger partial charge in [0.25, 0.3) is 0 Å². The summed E-state index contributed by atoms with van der Waals surface area (Å²) in [6.45, 7) is 6.58. The Morgan fingerprint density at radius 3 is 2.35 bits per heavy atom. The molecule has 0 aromatic rings. The zero-order valence-corrected chi connectivity index (χ0v) is 11.1. The molecule has 0 saturated heterocycles. The van der Waals surface area contributed by atoms with Gasteiger partial charge in [0.2, 0.25) is 5.91 Å². The van der Waals surface area contributed by atoms with Crippen molar-refractivity contribution in [2.45, 2.75) is 39.7 Å². The quantitative estimate of drug-likeness (QED) is 0.651. The Hall–Kier alpha value is -1.10. The first-order valence-electron chi connectivity index (χ1n) is 5.95. The lowest BCUT2D eigenvalue weighted by atomic mass is 10.1. The van der Waals surface area contributed by atoms with Crippen LogP contribution in [-0.2, 0) is 19.1 Å². The topological polar surface area (TPSA) is 64.6 Å². The van der Waals surface area contributed by atoms with Crippen LogP contribution >= 0.6 is 0 Å². The highest BCUT2D eigenvalue weighted by molar-refractivity contribution is 5.81. The standard InChI is InChI=1S/C12H23NO4/c1-5-17-12(15)7-6-11(14)13-10(8-16-4)9(2)3/h9-10H,5-8H2,1-4H3,(H,13,14). The third-order valence-corrected chi connectivity index (χ3v) is 2.36. The number of rotatable bonds is 8. The number of amides is 1. The maximum Gasteiger partial charge on any atom is 0.306 e. The van der Waals surface area contributed by atoms with Crippen molar-refractivity contribution >= 4 is 11.9 Å². The highest BCUT2D eigenvalue weighted by Gasteiger charge is 2.16. The summed E-state index contributed by atoms with van der Waals surface area (Å²) in [6.07, 6.45) is 0.281. The smallest absolute Gasteiger partial charge is 0.306 e. The number of esters is 1. The molecule has 0 saturated carbocycles. The molecule has 100 valence electrons. The molecule has 1 unspecified atom stereocenters. The Bertz CT molecular complexity index is 241. The molecule has 0 rings (SSSR count). The van der Waals surface area contributed by atoms with E-state index in [1.165, 1.54) is 0 Å². The van der Waals surface area contributed by atoms with Gasteiger partial charge >= 0.3 is 5.97 Å². The van der Waals surface area contributed by atoms with Crippen LogP contribution < -0.4 is 5.32 Å². The molecule has 0 radical (unpaired) electrons. The Balaban J connectivity index is 3.93. The minimum atomic E-state index is -0.338. The molecule has 0 fully saturated rings. The number of carbonyl (C=O) groups excluding carboxylic acids is 2. The molecule has 0 aromatic carbocycles. The summed E-state index contributed by atoms with van der Waals surface area (Å²) >= 11 is 0. The number of ether oxygens (including phenoxy) is 2. The molecule has 0 heterocycles. The van der Waals surface area contributed by atoms with Crippen molar-refractivity contribution in [2.24, 2.45) is 5.92 Å². The van der Waals surface area contributed by atoms with Gasteiger partial charge in [0.1, 0.15) is 0 Å². The van der Waals surface area contributed by atoms with Gasteiger partial charge in [-0.15, -0.1) is 0 Å². The molecular formula is C12H23NO4. The van der Waals surface area contributed by atoms with Gasteiger partial charge in [-0.2, -0.15) is 0 Å². The molecule has 17 heavy (non-hydrogen) atoms. The third-order valence-electron chi connectivity index (χ3n) is 2.36. The van der Waals surface area contributed by atoms with E-state index < -0.39 is 0 Å². The molecular weight excluding hydrogens is 222 g/mol. The fourth-order valence-electron chi connectivity index (χ4n) is 1.31. The van der Waals surface area contributed by atoms with E-state index in [2.05, 4.69) is 5.32 Å². The van der Waals surface area contributed by atoms with E-state index in [1.807, 2.05) is 13.8 Å². The zero-order chi connectivity index (χ0) is 13.3. The monoisotopic (exact) mass is 245 g/mol. The van der Waals surface area contributed by atoms with Crippen LogP contribution in [0.2, 0.25) is 0 Å². The van der Waals surface area contributed by atoms with Gasteiger partial charge in [0.05, 0.1) is 25.7 Å². The minimum absolute atomic E-state index is 0.0188. The second-order valence-corrected chi connectivity index (χ2v) is 4.18. The summed E-state index contributed by atoms with van der Waals surface area (Å²) in [7, 11) is 1.60. The van der Waals surface area contributed by atoms with E-state index in [0.29, 0.717) is 19.1 Å². The summed E-state index contributed by atoms with van der Waals surface area (Å²) in [4.78, 5) is 22.6. The lowest BCUT2D eigenvalue weighted by molar-refractivity contribution is -0.144. The lowest BCUT2D eigenvalue weighted by Crippen LogP contribution is -2.41. The van der Waals surface area contributed by atoms with Gasteiger partial charge in [0, 0.05) is 13.5 Å². The van der Waals surface area contributed by atoms with Crippen LogP contribution in [0.3, 0.4) is 0 Å². The first-order valence-corrected chi connectivity index (χ1v) is 5.95. The van der Waals surface area contributed by atoms with Gasteiger partial charge in [-0.1, -0.05) is 13.8 Å². The fourth-order valence-corrected chi connectivity index (χ4v) is 1.31. The van der Waals surface area contributed by atoms with E-state index in [4.69, 9.17) is 9.47 Å². The van der Waals surface area contributed by atoms with Crippen LogP contribution in [0, 0.1) is 5.92 Å². The predicted octanol–water partition coefficient (Wildman–Crippen LogP) is 1.12. The number of carbonyl (C=O) groups is 2. The normalized spacial score (nSPS) is 12.3. The summed E-state index contributed by atoms with van der Waals surface area (Å²) in [5.74, 6) is -0.189. The Kier molecular flexibility index (Phi) is 8.40. The average molecular weight is 245 g/mol. The Morgan fingerprint density at radius 2 is 1.88 bits per heavy atom. The van der Waals surface area contributed by atoms with Crippen LogP contribution in [0.1, 0.15) is 33.6 Å². The first kappa shape index (κ1) is 15.9. The summed E-state index contributed by atoms with van der Waals surface area (Å²) in [6, 6.07) is -0.0188. The summed E-state index contributed by atoms with van der Waals surface area (Å²) in [5.41, 5.74) is 0. The Morgan fingerprint density at radius 1 is 1.24 bits per heavy atom. The number of hydrogen-bond acceptors (Lipinski definition) is 4. The molecule has 0 spiro atoms. The van der Waals surface area contributed by atoms with E-state index in [-0.39, 0.29) is 30.8 Å². The maximum absolute atomic E-state index is 11.6. The van der Waals surface area contributed by atoms with Crippen molar-refractivity contribution in [1.29, 1.82) is 0 Å². The van der Waals surface area contributed by atoms with Gasteiger partial charge < -0.3 is 14.8 Å².